The summed E-state index contributed by atoms with van der Waals surface area (Å²) >= 11 is 0. The van der Waals surface area contributed by atoms with Gasteiger partial charge in [0.1, 0.15) is 0 Å². The maximum atomic E-state index is 12.6. The van der Waals surface area contributed by atoms with Crippen LogP contribution >= 0.6 is 0 Å². The van der Waals surface area contributed by atoms with Crippen molar-refractivity contribution >= 4 is 5.91 Å². The summed E-state index contributed by atoms with van der Waals surface area (Å²) in [7, 11) is 0. The van der Waals surface area contributed by atoms with E-state index >= 15 is 0 Å². The van der Waals surface area contributed by atoms with Gasteiger partial charge in [-0.3, -0.25) is 9.69 Å². The average molecular weight is 342 g/mol. The third-order valence-corrected chi connectivity index (χ3v) is 4.66. The van der Waals surface area contributed by atoms with E-state index in [2.05, 4.69) is 0 Å². The fourth-order valence-corrected chi connectivity index (χ4v) is 2.98. The molecule has 0 bridgehead atoms. The van der Waals surface area contributed by atoms with Crippen LogP contribution in [-0.2, 0) is 11.0 Å². The lowest BCUT2D eigenvalue weighted by Crippen LogP contribution is -2.50. The van der Waals surface area contributed by atoms with Crippen molar-refractivity contribution < 1.29 is 23.1 Å². The number of amides is 1. The van der Waals surface area contributed by atoms with Gasteiger partial charge in [0.25, 0.3) is 0 Å². The summed E-state index contributed by atoms with van der Waals surface area (Å²) in [5, 5.41) is 10.2. The monoisotopic (exact) mass is 342 g/mol. The first-order valence-corrected chi connectivity index (χ1v) is 8.21. The Morgan fingerprint density at radius 3 is 2.21 bits per heavy atom. The highest BCUT2D eigenvalue weighted by Crippen LogP contribution is 2.32. The van der Waals surface area contributed by atoms with Crippen molar-refractivity contribution in [2.24, 2.45) is 5.92 Å². The van der Waals surface area contributed by atoms with E-state index in [9.17, 15) is 23.1 Å². The Balaban J connectivity index is 1.50. The number of aliphatic hydroxyl groups excluding tert-OH is 1. The molecule has 2 fully saturated rings. The van der Waals surface area contributed by atoms with E-state index in [0.717, 1.165) is 25.0 Å². The fourth-order valence-electron chi connectivity index (χ4n) is 2.98. The number of piperazine rings is 1. The van der Waals surface area contributed by atoms with Gasteiger partial charge in [0.05, 0.1) is 11.7 Å². The van der Waals surface area contributed by atoms with Crippen LogP contribution in [0.4, 0.5) is 13.2 Å². The number of carbonyl (C=O) groups is 1. The minimum atomic E-state index is -4.37. The molecular formula is C17H21F3N2O2. The Morgan fingerprint density at radius 1 is 1.12 bits per heavy atom. The minimum Gasteiger partial charge on any atom is -0.387 e. The van der Waals surface area contributed by atoms with E-state index in [1.165, 1.54) is 12.1 Å². The van der Waals surface area contributed by atoms with Crippen LogP contribution in [0.2, 0.25) is 0 Å². The Morgan fingerprint density at radius 2 is 1.71 bits per heavy atom. The molecule has 132 valence electrons. The van der Waals surface area contributed by atoms with Crippen LogP contribution < -0.4 is 0 Å². The molecule has 1 amide bonds. The van der Waals surface area contributed by atoms with Crippen molar-refractivity contribution in [3.8, 4) is 0 Å². The zero-order valence-corrected chi connectivity index (χ0v) is 13.3. The zero-order chi connectivity index (χ0) is 17.3. The van der Waals surface area contributed by atoms with Gasteiger partial charge in [0.2, 0.25) is 5.91 Å². The SMILES string of the molecule is O=C(C1CC1)N1CCN(C[C@@H](O)c2ccc(C(F)(F)F)cc2)CC1. The Hall–Kier alpha value is -1.60. The molecule has 1 N–H and O–H groups in total. The number of alkyl halides is 3. The van der Waals surface area contributed by atoms with Gasteiger partial charge < -0.3 is 10.0 Å². The molecule has 1 atom stereocenters. The first-order chi connectivity index (χ1) is 11.3. The molecule has 7 heteroatoms. The van der Waals surface area contributed by atoms with E-state index in [4.69, 9.17) is 0 Å². The van der Waals surface area contributed by atoms with Crippen LogP contribution in [0.15, 0.2) is 24.3 Å². The van der Waals surface area contributed by atoms with E-state index in [-0.39, 0.29) is 11.8 Å². The molecule has 1 saturated carbocycles. The van der Waals surface area contributed by atoms with Crippen LogP contribution in [0.5, 0.6) is 0 Å². The number of carbonyl (C=O) groups excluding carboxylic acids is 1. The fraction of sp³-hybridized carbons (Fsp3) is 0.588. The topological polar surface area (TPSA) is 43.8 Å². The maximum Gasteiger partial charge on any atom is 0.416 e. The molecule has 0 spiro atoms. The van der Waals surface area contributed by atoms with Crippen LogP contribution in [0.3, 0.4) is 0 Å². The summed E-state index contributed by atoms with van der Waals surface area (Å²) in [6.45, 7) is 3.01. The van der Waals surface area contributed by atoms with Crippen LogP contribution in [0.25, 0.3) is 0 Å². The van der Waals surface area contributed by atoms with E-state index in [1.54, 1.807) is 0 Å². The van der Waals surface area contributed by atoms with Crippen molar-refractivity contribution in [1.82, 2.24) is 9.80 Å². The molecule has 1 saturated heterocycles. The zero-order valence-electron chi connectivity index (χ0n) is 13.3. The number of nitrogens with zero attached hydrogens (tertiary/aromatic N) is 2. The molecular weight excluding hydrogens is 321 g/mol. The summed E-state index contributed by atoms with van der Waals surface area (Å²) in [4.78, 5) is 15.9. The molecule has 1 aromatic rings. The van der Waals surface area contributed by atoms with Crippen molar-refractivity contribution in [3.63, 3.8) is 0 Å². The van der Waals surface area contributed by atoms with Crippen LogP contribution in [-0.4, -0.2) is 53.5 Å². The number of aliphatic hydroxyl groups is 1. The van der Waals surface area contributed by atoms with Crippen LogP contribution in [0, 0.1) is 5.92 Å². The molecule has 0 unspecified atom stereocenters. The first-order valence-electron chi connectivity index (χ1n) is 8.21. The molecule has 2 aliphatic rings. The lowest BCUT2D eigenvalue weighted by atomic mass is 10.1. The molecule has 1 aliphatic heterocycles. The van der Waals surface area contributed by atoms with Crippen molar-refractivity contribution in [1.29, 1.82) is 0 Å². The number of hydrogen-bond acceptors (Lipinski definition) is 3. The van der Waals surface area contributed by atoms with Gasteiger partial charge in [-0.15, -0.1) is 0 Å². The van der Waals surface area contributed by atoms with Gasteiger partial charge in [0, 0.05) is 38.6 Å². The molecule has 1 aliphatic carbocycles. The molecule has 3 rings (SSSR count). The van der Waals surface area contributed by atoms with Gasteiger partial charge in [-0.1, -0.05) is 12.1 Å². The van der Waals surface area contributed by atoms with Crippen molar-refractivity contribution in [2.75, 3.05) is 32.7 Å². The summed E-state index contributed by atoms with van der Waals surface area (Å²) in [6, 6.07) is 4.62. The summed E-state index contributed by atoms with van der Waals surface area (Å²) in [5.74, 6) is 0.451. The third-order valence-electron chi connectivity index (χ3n) is 4.66. The van der Waals surface area contributed by atoms with E-state index < -0.39 is 17.8 Å². The van der Waals surface area contributed by atoms with E-state index in [0.29, 0.717) is 38.3 Å². The highest BCUT2D eigenvalue weighted by Gasteiger charge is 2.35. The number of β-amino-alcohol motifs (C(OH)–C–C–N with tert-alkyl or cyclic N) is 1. The van der Waals surface area contributed by atoms with Gasteiger partial charge in [0.15, 0.2) is 0 Å². The molecule has 4 nitrogen and oxygen atoms in total. The second kappa shape index (κ2) is 6.72. The number of halogens is 3. The van der Waals surface area contributed by atoms with Gasteiger partial charge in [-0.25, -0.2) is 0 Å². The first kappa shape index (κ1) is 17.2. The normalized spacial score (nSPS) is 20.9. The van der Waals surface area contributed by atoms with Crippen molar-refractivity contribution in [3.05, 3.63) is 35.4 Å². The van der Waals surface area contributed by atoms with Gasteiger partial charge >= 0.3 is 6.18 Å². The largest absolute Gasteiger partial charge is 0.416 e. The summed E-state index contributed by atoms with van der Waals surface area (Å²) in [6.07, 6.45) is -3.22. The van der Waals surface area contributed by atoms with Gasteiger partial charge in [-0.05, 0) is 30.5 Å². The number of hydrogen-bond donors (Lipinski definition) is 1. The Bertz CT molecular complexity index is 576. The third kappa shape index (κ3) is 4.08. The second-order valence-corrected chi connectivity index (χ2v) is 6.54. The Kier molecular flexibility index (Phi) is 4.83. The molecule has 1 heterocycles. The molecule has 1 aromatic carbocycles. The predicted octanol–water partition coefficient (Wildman–Crippen LogP) is 2.29. The minimum absolute atomic E-state index is 0.217. The van der Waals surface area contributed by atoms with E-state index in [1.807, 2.05) is 9.80 Å². The quantitative estimate of drug-likeness (QED) is 0.913. The number of rotatable bonds is 4. The summed E-state index contributed by atoms with van der Waals surface area (Å²) in [5.41, 5.74) is -0.245. The summed E-state index contributed by atoms with van der Waals surface area (Å²) < 4.78 is 37.7. The van der Waals surface area contributed by atoms with Crippen LogP contribution in [0.1, 0.15) is 30.1 Å². The van der Waals surface area contributed by atoms with Gasteiger partial charge in [-0.2, -0.15) is 13.2 Å². The highest BCUT2D eigenvalue weighted by molar-refractivity contribution is 5.81. The van der Waals surface area contributed by atoms with Crippen molar-refractivity contribution in [2.45, 2.75) is 25.1 Å². The maximum absolute atomic E-state index is 12.6. The lowest BCUT2D eigenvalue weighted by Gasteiger charge is -2.35. The highest BCUT2D eigenvalue weighted by atomic mass is 19.4. The molecule has 0 radical (unpaired) electrons. The number of benzene rings is 1. The Labute approximate surface area is 138 Å². The standard InChI is InChI=1S/C17H21F3N2O2/c18-17(19,20)14-5-3-12(4-6-14)15(23)11-21-7-9-22(10-8-21)16(24)13-1-2-13/h3-6,13,15,23H,1-2,7-11H2/t15-/m1/s1. The lowest BCUT2D eigenvalue weighted by molar-refractivity contribution is -0.137. The molecule has 24 heavy (non-hydrogen) atoms. The smallest absolute Gasteiger partial charge is 0.387 e. The average Bonchev–Trinajstić information content (AvgIpc) is 3.39. The predicted molar refractivity (Wildman–Crippen MR) is 82.1 cm³/mol. The molecule has 0 aromatic heterocycles. The second-order valence-electron chi connectivity index (χ2n) is 6.54.